The summed E-state index contributed by atoms with van der Waals surface area (Å²) in [5, 5.41) is 0. The van der Waals surface area contributed by atoms with Gasteiger partial charge in [-0.2, -0.15) is 0 Å². The van der Waals surface area contributed by atoms with Gasteiger partial charge in [0.2, 0.25) is 0 Å². The Morgan fingerprint density at radius 1 is 1.22 bits per heavy atom. The molecule has 2 N–H and O–H groups in total. The number of nitrogens with two attached hydrogens (primary N) is 1. The molecule has 2 rings (SSSR count). The summed E-state index contributed by atoms with van der Waals surface area (Å²) in [5.74, 6) is 1.66. The molecule has 0 atom stereocenters. The van der Waals surface area contributed by atoms with Crippen molar-refractivity contribution in [2.24, 2.45) is 5.73 Å². The highest BCUT2D eigenvalue weighted by molar-refractivity contribution is 5.35. The highest BCUT2D eigenvalue weighted by atomic mass is 16.5. The zero-order valence-corrected chi connectivity index (χ0v) is 10.5. The molecule has 1 aromatic heterocycles. The van der Waals surface area contributed by atoms with Crippen LogP contribution in [0.3, 0.4) is 0 Å². The minimum atomic E-state index is 0.602. The highest BCUT2D eigenvalue weighted by Crippen LogP contribution is 2.19. The van der Waals surface area contributed by atoms with Crippen LogP contribution < -0.4 is 10.5 Å². The first-order valence-corrected chi connectivity index (χ1v) is 5.96. The van der Waals surface area contributed by atoms with E-state index in [0.29, 0.717) is 13.0 Å². The molecular formula is C14H17N3O. The fraction of sp³-hybridized carbons (Fsp3) is 0.286. The van der Waals surface area contributed by atoms with E-state index in [0.717, 1.165) is 29.3 Å². The van der Waals surface area contributed by atoms with Crippen LogP contribution in [-0.4, -0.2) is 23.6 Å². The number of para-hydroxylation sites is 1. The molecule has 0 fully saturated rings. The molecule has 4 heteroatoms. The van der Waals surface area contributed by atoms with Gasteiger partial charge >= 0.3 is 0 Å². The van der Waals surface area contributed by atoms with Gasteiger partial charge in [-0.15, -0.1) is 0 Å². The number of hydrogen-bond acceptors (Lipinski definition) is 4. The van der Waals surface area contributed by atoms with Gasteiger partial charge in [-0.05, 0) is 18.7 Å². The lowest BCUT2D eigenvalue weighted by Gasteiger charge is -2.07. The van der Waals surface area contributed by atoms with Gasteiger partial charge in [-0.25, -0.2) is 9.97 Å². The molecule has 1 heterocycles. The summed E-state index contributed by atoms with van der Waals surface area (Å²) < 4.78 is 5.32. The smallest absolute Gasteiger partial charge is 0.133 e. The molecule has 4 nitrogen and oxygen atoms in total. The van der Waals surface area contributed by atoms with Gasteiger partial charge in [0.25, 0.3) is 0 Å². The summed E-state index contributed by atoms with van der Waals surface area (Å²) in [4.78, 5) is 8.77. The summed E-state index contributed by atoms with van der Waals surface area (Å²) in [6.45, 7) is 0.602. The van der Waals surface area contributed by atoms with Crippen molar-refractivity contribution in [3.63, 3.8) is 0 Å². The molecule has 94 valence electrons. The molecular weight excluding hydrogens is 226 g/mol. The molecule has 2 aromatic rings. The van der Waals surface area contributed by atoms with Gasteiger partial charge < -0.3 is 10.5 Å². The molecule has 0 bridgehead atoms. The summed E-state index contributed by atoms with van der Waals surface area (Å²) in [7, 11) is 1.67. The van der Waals surface area contributed by atoms with Crippen molar-refractivity contribution in [1.82, 2.24) is 9.97 Å². The Kier molecular flexibility index (Phi) is 4.25. The Bertz CT molecular complexity index is 514. The van der Waals surface area contributed by atoms with E-state index in [-0.39, 0.29) is 0 Å². The van der Waals surface area contributed by atoms with E-state index in [4.69, 9.17) is 10.5 Å². The van der Waals surface area contributed by atoms with Gasteiger partial charge in [0.15, 0.2) is 0 Å². The van der Waals surface area contributed by atoms with Gasteiger partial charge in [0, 0.05) is 30.3 Å². The fourth-order valence-electron chi connectivity index (χ4n) is 1.83. The van der Waals surface area contributed by atoms with Crippen LogP contribution in [0.4, 0.5) is 0 Å². The van der Waals surface area contributed by atoms with Crippen molar-refractivity contribution in [2.45, 2.75) is 12.8 Å². The largest absolute Gasteiger partial charge is 0.496 e. The van der Waals surface area contributed by atoms with Crippen molar-refractivity contribution in [2.75, 3.05) is 13.7 Å². The maximum atomic E-state index is 5.53. The monoisotopic (exact) mass is 243 g/mol. The van der Waals surface area contributed by atoms with Gasteiger partial charge in [-0.1, -0.05) is 18.2 Å². The second kappa shape index (κ2) is 6.12. The topological polar surface area (TPSA) is 61.0 Å². The van der Waals surface area contributed by atoms with E-state index in [1.807, 2.05) is 30.3 Å². The predicted octanol–water partition coefficient (Wildman–Crippen LogP) is 1.58. The summed E-state index contributed by atoms with van der Waals surface area (Å²) >= 11 is 0. The number of aromatic nitrogens is 2. The van der Waals surface area contributed by atoms with Crippen LogP contribution in [0.2, 0.25) is 0 Å². The summed E-state index contributed by atoms with van der Waals surface area (Å²) in [6, 6.07) is 9.81. The number of methoxy groups -OCH3 is 1. The minimum Gasteiger partial charge on any atom is -0.496 e. The van der Waals surface area contributed by atoms with Crippen LogP contribution >= 0.6 is 0 Å². The third-order valence-corrected chi connectivity index (χ3v) is 2.70. The van der Waals surface area contributed by atoms with Crippen molar-refractivity contribution in [1.29, 1.82) is 0 Å². The third kappa shape index (κ3) is 3.05. The Labute approximate surface area is 107 Å². The molecule has 0 radical (unpaired) electrons. The number of rotatable bonds is 5. The van der Waals surface area contributed by atoms with Crippen molar-refractivity contribution in [3.8, 4) is 5.75 Å². The first-order valence-electron chi connectivity index (χ1n) is 5.96. The molecule has 0 saturated carbocycles. The zero-order chi connectivity index (χ0) is 12.8. The first kappa shape index (κ1) is 12.5. The Morgan fingerprint density at radius 2 is 2.06 bits per heavy atom. The molecule has 0 aliphatic carbocycles. The van der Waals surface area contributed by atoms with Crippen LogP contribution in [-0.2, 0) is 12.8 Å². The lowest BCUT2D eigenvalue weighted by atomic mass is 10.1. The first-order chi connectivity index (χ1) is 8.83. The number of hydrogen-bond donors (Lipinski definition) is 1. The second-order valence-electron chi connectivity index (χ2n) is 3.99. The molecule has 0 amide bonds. The Balaban J connectivity index is 2.20. The van der Waals surface area contributed by atoms with E-state index >= 15 is 0 Å². The van der Waals surface area contributed by atoms with E-state index in [2.05, 4.69) is 9.97 Å². The van der Waals surface area contributed by atoms with Crippen molar-refractivity contribution < 1.29 is 4.74 Å². The van der Waals surface area contributed by atoms with E-state index in [1.54, 1.807) is 13.3 Å². The SMILES string of the molecule is COc1ccccc1Cc1nccc(CCN)n1. The van der Waals surface area contributed by atoms with Gasteiger partial charge in [0.05, 0.1) is 7.11 Å². The number of ether oxygens (including phenoxy) is 1. The van der Waals surface area contributed by atoms with Crippen LogP contribution in [0.1, 0.15) is 17.1 Å². The average molecular weight is 243 g/mol. The third-order valence-electron chi connectivity index (χ3n) is 2.70. The van der Waals surface area contributed by atoms with Gasteiger partial charge in [0.1, 0.15) is 11.6 Å². The van der Waals surface area contributed by atoms with Crippen LogP contribution in [0.15, 0.2) is 36.5 Å². The number of nitrogens with zero attached hydrogens (tertiary/aromatic N) is 2. The molecule has 0 spiro atoms. The Hall–Kier alpha value is -1.94. The van der Waals surface area contributed by atoms with Crippen molar-refractivity contribution >= 4 is 0 Å². The van der Waals surface area contributed by atoms with E-state index < -0.39 is 0 Å². The van der Waals surface area contributed by atoms with Crippen LogP contribution in [0, 0.1) is 0 Å². The average Bonchev–Trinajstić information content (AvgIpc) is 2.40. The zero-order valence-electron chi connectivity index (χ0n) is 10.5. The molecule has 0 aliphatic heterocycles. The predicted molar refractivity (Wildman–Crippen MR) is 70.6 cm³/mol. The van der Waals surface area contributed by atoms with E-state index in [1.165, 1.54) is 0 Å². The molecule has 1 aromatic carbocycles. The van der Waals surface area contributed by atoms with Crippen LogP contribution in [0.5, 0.6) is 5.75 Å². The number of benzene rings is 1. The van der Waals surface area contributed by atoms with E-state index in [9.17, 15) is 0 Å². The Morgan fingerprint density at radius 3 is 2.83 bits per heavy atom. The van der Waals surface area contributed by atoms with Crippen LogP contribution in [0.25, 0.3) is 0 Å². The minimum absolute atomic E-state index is 0.602. The highest BCUT2D eigenvalue weighted by Gasteiger charge is 2.05. The molecule has 18 heavy (non-hydrogen) atoms. The summed E-state index contributed by atoms with van der Waals surface area (Å²) in [5.41, 5.74) is 7.60. The lowest BCUT2D eigenvalue weighted by Crippen LogP contribution is -2.07. The molecule has 0 aliphatic rings. The quantitative estimate of drug-likeness (QED) is 0.866. The molecule has 0 saturated heterocycles. The lowest BCUT2D eigenvalue weighted by molar-refractivity contribution is 0.410. The summed E-state index contributed by atoms with van der Waals surface area (Å²) in [6.07, 6.45) is 3.23. The fourth-order valence-corrected chi connectivity index (χ4v) is 1.83. The van der Waals surface area contributed by atoms with Crippen molar-refractivity contribution in [3.05, 3.63) is 53.6 Å². The molecule has 0 unspecified atom stereocenters. The van der Waals surface area contributed by atoms with Gasteiger partial charge in [-0.3, -0.25) is 0 Å². The standard InChI is InChI=1S/C14H17N3O/c1-18-13-5-3-2-4-11(13)10-14-16-9-7-12(17-14)6-8-15/h2-5,7,9H,6,8,10,15H2,1H3. The maximum Gasteiger partial charge on any atom is 0.133 e. The normalized spacial score (nSPS) is 10.3. The second-order valence-corrected chi connectivity index (χ2v) is 3.99. The maximum absolute atomic E-state index is 5.53.